The number of hydrogen-bond donors (Lipinski definition) is 0. The van der Waals surface area contributed by atoms with Crippen molar-refractivity contribution in [1.82, 2.24) is 4.98 Å². The van der Waals surface area contributed by atoms with Gasteiger partial charge in [-0.05, 0) is 41.4 Å². The van der Waals surface area contributed by atoms with Crippen LogP contribution >= 0.6 is 0 Å². The highest BCUT2D eigenvalue weighted by molar-refractivity contribution is 6.88. The van der Waals surface area contributed by atoms with E-state index < -0.39 is 8.07 Å². The van der Waals surface area contributed by atoms with Gasteiger partial charge in [-0.3, -0.25) is 4.98 Å². The lowest BCUT2D eigenvalue weighted by Gasteiger charge is -2.16. The van der Waals surface area contributed by atoms with E-state index in [2.05, 4.69) is 112 Å². The Morgan fingerprint density at radius 2 is 1.38 bits per heavy atom. The van der Waals surface area contributed by atoms with Crippen LogP contribution in [0.2, 0.25) is 19.6 Å². The van der Waals surface area contributed by atoms with E-state index in [1.165, 1.54) is 21.9 Å². The molecular formula is C29H27NOSi. The number of fused-ring (bicyclic) bond motifs is 1. The number of nitrogens with zero attached hydrogens (tertiary/aromatic N) is 1. The highest BCUT2D eigenvalue weighted by Gasteiger charge is 2.20. The number of pyridine rings is 1. The first kappa shape index (κ1) is 20.5. The lowest BCUT2D eigenvalue weighted by molar-refractivity contribution is 0.629. The van der Waals surface area contributed by atoms with Gasteiger partial charge in [0.05, 0.1) is 13.8 Å². The van der Waals surface area contributed by atoms with Gasteiger partial charge in [-0.25, -0.2) is 0 Å². The summed E-state index contributed by atoms with van der Waals surface area (Å²) in [5, 5.41) is 2.53. The number of aryl methyl sites for hydroxylation is 1. The Balaban J connectivity index is 1.74. The molecule has 0 spiro atoms. The summed E-state index contributed by atoms with van der Waals surface area (Å²) in [6.45, 7) is 9.20. The molecular weight excluding hydrogens is 406 g/mol. The van der Waals surface area contributed by atoms with Gasteiger partial charge >= 0.3 is 0 Å². The lowest BCUT2D eigenvalue weighted by atomic mass is 9.95. The highest BCUT2D eigenvalue weighted by atomic mass is 28.3. The number of hydrogen-bond acceptors (Lipinski definition) is 2. The van der Waals surface area contributed by atoms with Crippen molar-refractivity contribution in [3.8, 4) is 33.7 Å². The van der Waals surface area contributed by atoms with E-state index >= 15 is 0 Å². The van der Waals surface area contributed by atoms with E-state index in [4.69, 9.17) is 9.40 Å². The Morgan fingerprint density at radius 1 is 0.719 bits per heavy atom. The summed E-state index contributed by atoms with van der Waals surface area (Å²) in [5.41, 5.74) is 7.57. The molecule has 0 aliphatic rings. The topological polar surface area (TPSA) is 26.0 Å². The third kappa shape index (κ3) is 3.69. The average Bonchev–Trinajstić information content (AvgIpc) is 3.15. The normalized spacial score (nSPS) is 11.8. The van der Waals surface area contributed by atoms with Crippen molar-refractivity contribution in [1.29, 1.82) is 0 Å². The van der Waals surface area contributed by atoms with Crippen molar-refractivity contribution in [2.24, 2.45) is 0 Å². The van der Waals surface area contributed by atoms with E-state index in [9.17, 15) is 0 Å². The second-order valence-electron chi connectivity index (χ2n) is 9.37. The maximum absolute atomic E-state index is 6.47. The summed E-state index contributed by atoms with van der Waals surface area (Å²) in [6.07, 6.45) is 2.05. The highest BCUT2D eigenvalue weighted by Crippen LogP contribution is 2.41. The molecule has 0 fully saturated rings. The number of aromatic nitrogens is 1. The van der Waals surface area contributed by atoms with Crippen molar-refractivity contribution >= 4 is 24.2 Å². The molecule has 0 bridgehead atoms. The Labute approximate surface area is 190 Å². The van der Waals surface area contributed by atoms with Crippen LogP contribution in [-0.4, -0.2) is 13.1 Å². The Bertz CT molecular complexity index is 1380. The molecule has 2 aromatic heterocycles. The fraction of sp³-hybridized carbons (Fsp3) is 0.138. The molecule has 2 nitrogen and oxygen atoms in total. The number of rotatable bonds is 4. The van der Waals surface area contributed by atoms with Gasteiger partial charge in [0.15, 0.2) is 0 Å². The Morgan fingerprint density at radius 3 is 1.97 bits per heavy atom. The second kappa shape index (κ2) is 7.92. The molecule has 0 aliphatic heterocycles. The van der Waals surface area contributed by atoms with Crippen LogP contribution in [0.3, 0.4) is 0 Å². The largest absolute Gasteiger partial charge is 0.456 e. The monoisotopic (exact) mass is 433 g/mol. The molecule has 0 unspecified atom stereocenters. The molecule has 3 heteroatoms. The third-order valence-corrected chi connectivity index (χ3v) is 8.10. The van der Waals surface area contributed by atoms with Crippen LogP contribution in [0.5, 0.6) is 0 Å². The molecule has 32 heavy (non-hydrogen) atoms. The van der Waals surface area contributed by atoms with E-state index in [0.29, 0.717) is 0 Å². The Kier molecular flexibility index (Phi) is 5.07. The second-order valence-corrected chi connectivity index (χ2v) is 14.4. The summed E-state index contributed by atoms with van der Waals surface area (Å²) in [6, 6.07) is 29.7. The van der Waals surface area contributed by atoms with Gasteiger partial charge in [-0.1, -0.05) is 86.4 Å². The first-order chi connectivity index (χ1) is 15.4. The van der Waals surface area contributed by atoms with Crippen LogP contribution in [0.1, 0.15) is 5.56 Å². The molecule has 5 aromatic rings. The van der Waals surface area contributed by atoms with E-state index in [1.807, 2.05) is 6.07 Å². The van der Waals surface area contributed by atoms with Crippen LogP contribution in [0.15, 0.2) is 95.5 Å². The Hall–Kier alpha value is -3.43. The summed E-state index contributed by atoms with van der Waals surface area (Å²) < 4.78 is 6.47. The standard InChI is InChI=1S/C29H27NOSi/c1-20-28-25(21-11-7-5-8-12-21)17-23(26-16-15-24(19-30-26)32(2,3)4)18-27(28)31-29(20)22-13-9-6-10-14-22/h5-19H,1-4H3. The van der Waals surface area contributed by atoms with Gasteiger partial charge in [0.1, 0.15) is 11.3 Å². The predicted octanol–water partition coefficient (Wildman–Crippen LogP) is 7.68. The maximum Gasteiger partial charge on any atom is 0.138 e. The van der Waals surface area contributed by atoms with E-state index in [-0.39, 0.29) is 0 Å². The van der Waals surface area contributed by atoms with Gasteiger partial charge in [0.2, 0.25) is 0 Å². The van der Waals surface area contributed by atoms with Crippen molar-refractivity contribution in [3.63, 3.8) is 0 Å². The molecule has 0 N–H and O–H groups in total. The van der Waals surface area contributed by atoms with Crippen molar-refractivity contribution < 1.29 is 4.42 Å². The first-order valence-electron chi connectivity index (χ1n) is 11.1. The minimum Gasteiger partial charge on any atom is -0.456 e. The molecule has 5 rings (SSSR count). The fourth-order valence-corrected chi connectivity index (χ4v) is 5.28. The van der Waals surface area contributed by atoms with Crippen molar-refractivity contribution in [2.45, 2.75) is 26.6 Å². The first-order valence-corrected chi connectivity index (χ1v) is 14.6. The van der Waals surface area contributed by atoms with Crippen LogP contribution in [0.25, 0.3) is 44.7 Å². The van der Waals surface area contributed by atoms with Gasteiger partial charge in [0, 0.05) is 28.3 Å². The zero-order valence-corrected chi connectivity index (χ0v) is 20.0. The molecule has 3 aromatic carbocycles. The molecule has 158 valence electrons. The molecule has 0 saturated carbocycles. The molecule has 0 saturated heterocycles. The lowest BCUT2D eigenvalue weighted by Crippen LogP contribution is -2.37. The van der Waals surface area contributed by atoms with Gasteiger partial charge in [0.25, 0.3) is 0 Å². The number of benzene rings is 3. The van der Waals surface area contributed by atoms with E-state index in [0.717, 1.165) is 33.6 Å². The maximum atomic E-state index is 6.47. The van der Waals surface area contributed by atoms with Crippen molar-refractivity contribution in [2.75, 3.05) is 0 Å². The van der Waals surface area contributed by atoms with E-state index in [1.54, 1.807) is 0 Å². The zero-order chi connectivity index (χ0) is 22.3. The van der Waals surface area contributed by atoms with Crippen LogP contribution in [-0.2, 0) is 0 Å². The van der Waals surface area contributed by atoms with Gasteiger partial charge in [-0.15, -0.1) is 0 Å². The van der Waals surface area contributed by atoms with Crippen LogP contribution in [0.4, 0.5) is 0 Å². The van der Waals surface area contributed by atoms with Gasteiger partial charge < -0.3 is 4.42 Å². The van der Waals surface area contributed by atoms with Gasteiger partial charge in [-0.2, -0.15) is 0 Å². The van der Waals surface area contributed by atoms with Crippen LogP contribution in [0, 0.1) is 6.92 Å². The SMILES string of the molecule is Cc1c(-c2ccccc2)oc2cc(-c3ccc([Si](C)(C)C)cn3)cc(-c3ccccc3)c12. The summed E-state index contributed by atoms with van der Waals surface area (Å²) in [5.74, 6) is 0.928. The quantitative estimate of drug-likeness (QED) is 0.272. The predicted molar refractivity (Wildman–Crippen MR) is 138 cm³/mol. The summed E-state index contributed by atoms with van der Waals surface area (Å²) in [4.78, 5) is 4.84. The third-order valence-electron chi connectivity index (χ3n) is 6.08. The molecule has 0 atom stereocenters. The minimum atomic E-state index is -1.39. The fourth-order valence-electron chi connectivity index (χ4n) is 4.25. The number of furan rings is 1. The minimum absolute atomic E-state index is 0.897. The summed E-state index contributed by atoms with van der Waals surface area (Å²) in [7, 11) is -1.39. The zero-order valence-electron chi connectivity index (χ0n) is 19.0. The summed E-state index contributed by atoms with van der Waals surface area (Å²) >= 11 is 0. The van der Waals surface area contributed by atoms with Crippen molar-refractivity contribution in [3.05, 3.63) is 96.7 Å². The molecule has 0 amide bonds. The molecule has 2 heterocycles. The molecule has 0 aliphatic carbocycles. The average molecular weight is 434 g/mol. The smallest absolute Gasteiger partial charge is 0.138 e. The van der Waals surface area contributed by atoms with Crippen LogP contribution < -0.4 is 5.19 Å². The molecule has 0 radical (unpaired) electrons.